The maximum atomic E-state index is 13.0. The Labute approximate surface area is 173 Å². The molecule has 0 atom stereocenters. The van der Waals surface area contributed by atoms with Gasteiger partial charge in [0.2, 0.25) is 11.8 Å². The van der Waals surface area contributed by atoms with Gasteiger partial charge >= 0.3 is 0 Å². The summed E-state index contributed by atoms with van der Waals surface area (Å²) in [5, 5.41) is 9.59. The molecule has 7 heteroatoms. The van der Waals surface area contributed by atoms with Crippen LogP contribution in [0.4, 0.5) is 0 Å². The smallest absolute Gasteiger partial charge is 0.262 e. The van der Waals surface area contributed by atoms with Crippen molar-refractivity contribution in [3.63, 3.8) is 0 Å². The van der Waals surface area contributed by atoms with Crippen molar-refractivity contribution in [1.29, 1.82) is 0 Å². The highest BCUT2D eigenvalue weighted by Crippen LogP contribution is 2.24. The molecule has 0 unspecified atom stereocenters. The van der Waals surface area contributed by atoms with E-state index in [9.17, 15) is 4.79 Å². The van der Waals surface area contributed by atoms with E-state index in [0.29, 0.717) is 46.1 Å². The average Bonchev–Trinajstić information content (AvgIpc) is 3.21. The van der Waals surface area contributed by atoms with Crippen molar-refractivity contribution >= 4 is 22.7 Å². The molecule has 0 saturated carbocycles. The van der Waals surface area contributed by atoms with Crippen LogP contribution in [-0.4, -0.2) is 19.7 Å². The molecule has 0 aliphatic rings. The second-order valence-corrected chi connectivity index (χ2v) is 8.15. The van der Waals surface area contributed by atoms with Crippen molar-refractivity contribution < 1.29 is 4.42 Å². The number of nitrogens with zero attached hydrogens (tertiary/aromatic N) is 4. The van der Waals surface area contributed by atoms with E-state index in [4.69, 9.17) is 9.40 Å². The molecule has 0 saturated heterocycles. The van der Waals surface area contributed by atoms with E-state index in [1.54, 1.807) is 4.57 Å². The van der Waals surface area contributed by atoms with Gasteiger partial charge < -0.3 is 4.42 Å². The van der Waals surface area contributed by atoms with Crippen molar-refractivity contribution in [2.75, 3.05) is 0 Å². The highest BCUT2D eigenvalue weighted by Gasteiger charge is 2.14. The van der Waals surface area contributed by atoms with Crippen LogP contribution >= 0.6 is 11.8 Å². The van der Waals surface area contributed by atoms with Gasteiger partial charge in [0.1, 0.15) is 0 Å². The molecule has 0 radical (unpaired) electrons. The van der Waals surface area contributed by atoms with Crippen LogP contribution < -0.4 is 5.56 Å². The van der Waals surface area contributed by atoms with E-state index < -0.39 is 0 Å². The van der Waals surface area contributed by atoms with Gasteiger partial charge in [0.05, 0.1) is 16.7 Å². The van der Waals surface area contributed by atoms with E-state index in [-0.39, 0.29) is 5.56 Å². The van der Waals surface area contributed by atoms with E-state index in [0.717, 1.165) is 12.0 Å². The molecule has 0 fully saturated rings. The summed E-state index contributed by atoms with van der Waals surface area (Å²) < 4.78 is 7.55. The van der Waals surface area contributed by atoms with Gasteiger partial charge in [-0.2, -0.15) is 0 Å². The summed E-state index contributed by atoms with van der Waals surface area (Å²) in [5.74, 6) is 1.94. The standard InChI is InChI=1S/C22H22N4O2S/c1-15(2)12-13-26-21(27)17-10-6-7-11-18(17)23-22(26)29-14-19-24-25-20(28-19)16-8-4-3-5-9-16/h3-11,15H,12-14H2,1-2H3. The molecular formula is C22H22N4O2S. The molecule has 2 heterocycles. The number of para-hydroxylation sites is 1. The van der Waals surface area contributed by atoms with E-state index in [2.05, 4.69) is 24.0 Å². The van der Waals surface area contributed by atoms with Gasteiger partial charge in [0.25, 0.3) is 5.56 Å². The minimum absolute atomic E-state index is 0.00532. The summed E-state index contributed by atoms with van der Waals surface area (Å²) in [6.45, 7) is 4.93. The molecular weight excluding hydrogens is 384 g/mol. The van der Waals surface area contributed by atoms with Crippen LogP contribution in [0.1, 0.15) is 26.2 Å². The molecule has 0 aliphatic heterocycles. The van der Waals surface area contributed by atoms with Gasteiger partial charge in [0.15, 0.2) is 5.16 Å². The molecule has 29 heavy (non-hydrogen) atoms. The summed E-state index contributed by atoms with van der Waals surface area (Å²) in [6.07, 6.45) is 0.909. The lowest BCUT2D eigenvalue weighted by molar-refractivity contribution is 0.480. The monoisotopic (exact) mass is 406 g/mol. The first kappa shape index (κ1) is 19.4. The van der Waals surface area contributed by atoms with Crippen molar-refractivity contribution in [3.8, 4) is 11.5 Å². The maximum Gasteiger partial charge on any atom is 0.262 e. The Hall–Kier alpha value is -2.93. The Bertz CT molecular complexity index is 1170. The van der Waals surface area contributed by atoms with Crippen LogP contribution in [0, 0.1) is 5.92 Å². The quantitative estimate of drug-likeness (QED) is 0.325. The predicted octanol–water partition coefficient (Wildman–Crippen LogP) is 4.78. The molecule has 0 amide bonds. The zero-order valence-corrected chi connectivity index (χ0v) is 17.2. The van der Waals surface area contributed by atoms with Crippen LogP contribution in [-0.2, 0) is 12.3 Å². The number of hydrogen-bond donors (Lipinski definition) is 0. The lowest BCUT2D eigenvalue weighted by Crippen LogP contribution is -2.24. The topological polar surface area (TPSA) is 73.8 Å². The van der Waals surface area contributed by atoms with Crippen molar-refractivity contribution in [1.82, 2.24) is 19.7 Å². The lowest BCUT2D eigenvalue weighted by atomic mass is 10.1. The third kappa shape index (κ3) is 4.40. The number of aromatic nitrogens is 4. The predicted molar refractivity (Wildman–Crippen MR) is 115 cm³/mol. The fraction of sp³-hybridized carbons (Fsp3) is 0.273. The first-order chi connectivity index (χ1) is 14.1. The van der Waals surface area contributed by atoms with Gasteiger partial charge in [-0.25, -0.2) is 4.98 Å². The van der Waals surface area contributed by atoms with E-state index in [1.165, 1.54) is 11.8 Å². The average molecular weight is 407 g/mol. The minimum atomic E-state index is -0.00532. The number of hydrogen-bond acceptors (Lipinski definition) is 6. The van der Waals surface area contributed by atoms with Gasteiger partial charge in [-0.05, 0) is 36.6 Å². The van der Waals surface area contributed by atoms with Crippen LogP contribution in [0.15, 0.2) is 69.0 Å². The number of rotatable bonds is 7. The molecule has 148 valence electrons. The fourth-order valence-electron chi connectivity index (χ4n) is 2.98. The third-order valence-electron chi connectivity index (χ3n) is 4.57. The van der Waals surface area contributed by atoms with Crippen molar-refractivity contribution in [2.45, 2.75) is 37.7 Å². The van der Waals surface area contributed by atoms with Gasteiger partial charge in [-0.1, -0.05) is 55.9 Å². The van der Waals surface area contributed by atoms with Gasteiger partial charge in [0, 0.05) is 12.1 Å². The number of benzene rings is 2. The summed E-state index contributed by atoms with van der Waals surface area (Å²) in [5.41, 5.74) is 1.58. The van der Waals surface area contributed by atoms with Crippen molar-refractivity contribution in [3.05, 3.63) is 70.8 Å². The molecule has 0 N–H and O–H groups in total. The van der Waals surface area contributed by atoms with Gasteiger partial charge in [-0.3, -0.25) is 9.36 Å². The van der Waals surface area contributed by atoms with Gasteiger partial charge in [-0.15, -0.1) is 10.2 Å². The summed E-state index contributed by atoms with van der Waals surface area (Å²) >= 11 is 1.44. The third-order valence-corrected chi connectivity index (χ3v) is 5.53. The first-order valence-electron chi connectivity index (χ1n) is 9.62. The normalized spacial score (nSPS) is 11.4. The first-order valence-corrected chi connectivity index (χ1v) is 10.6. The molecule has 2 aromatic heterocycles. The van der Waals surface area contributed by atoms with Crippen LogP contribution in [0.5, 0.6) is 0 Å². The Morgan fingerprint density at radius 1 is 1.03 bits per heavy atom. The Kier molecular flexibility index (Phi) is 5.76. The SMILES string of the molecule is CC(C)CCn1c(SCc2nnc(-c3ccccc3)o2)nc2ccccc2c1=O. The highest BCUT2D eigenvalue weighted by atomic mass is 32.2. The molecule has 4 rings (SSSR count). The van der Waals surface area contributed by atoms with Crippen LogP contribution in [0.2, 0.25) is 0 Å². The maximum absolute atomic E-state index is 13.0. The molecule has 0 spiro atoms. The lowest BCUT2D eigenvalue weighted by Gasteiger charge is -2.13. The second kappa shape index (κ2) is 8.61. The number of thioether (sulfide) groups is 1. The summed E-state index contributed by atoms with van der Waals surface area (Å²) in [6, 6.07) is 17.1. The van der Waals surface area contributed by atoms with E-state index in [1.807, 2.05) is 54.6 Å². The van der Waals surface area contributed by atoms with Crippen molar-refractivity contribution in [2.24, 2.45) is 5.92 Å². The molecule has 0 bridgehead atoms. The largest absolute Gasteiger partial charge is 0.420 e. The van der Waals surface area contributed by atoms with Crippen LogP contribution in [0.25, 0.3) is 22.4 Å². The van der Waals surface area contributed by atoms with Crippen LogP contribution in [0.3, 0.4) is 0 Å². The summed E-state index contributed by atoms with van der Waals surface area (Å²) in [4.78, 5) is 17.8. The Morgan fingerprint density at radius 2 is 1.79 bits per heavy atom. The second-order valence-electron chi connectivity index (χ2n) is 7.21. The Morgan fingerprint density at radius 3 is 2.59 bits per heavy atom. The fourth-order valence-corrected chi connectivity index (χ4v) is 3.84. The number of fused-ring (bicyclic) bond motifs is 1. The zero-order chi connectivity index (χ0) is 20.2. The minimum Gasteiger partial charge on any atom is -0.420 e. The highest BCUT2D eigenvalue weighted by molar-refractivity contribution is 7.98. The summed E-state index contributed by atoms with van der Waals surface area (Å²) in [7, 11) is 0. The van der Waals surface area contributed by atoms with E-state index >= 15 is 0 Å². The molecule has 4 aromatic rings. The molecule has 6 nitrogen and oxygen atoms in total. The molecule has 0 aliphatic carbocycles. The zero-order valence-electron chi connectivity index (χ0n) is 16.4. The molecule has 2 aromatic carbocycles. The Balaban J connectivity index is 1.61.